The molecule has 1 N–H and O–H groups in total. The number of nitrogens with one attached hydrogen (secondary N) is 1. The highest BCUT2D eigenvalue weighted by Crippen LogP contribution is 2.53. The van der Waals surface area contributed by atoms with E-state index in [-0.39, 0.29) is 0 Å². The Kier molecular flexibility index (Phi) is 1.66. The largest absolute Gasteiger partial charge is 0.282 e. The van der Waals surface area contributed by atoms with Crippen molar-refractivity contribution in [3.8, 4) is 0 Å². The Morgan fingerprint density at radius 3 is 2.64 bits per heavy atom. The molecule has 2 atom stereocenters. The maximum absolute atomic E-state index is 3.99. The summed E-state index contributed by atoms with van der Waals surface area (Å²) in [6.07, 6.45) is 3.09. The molecule has 0 spiro atoms. The van der Waals surface area contributed by atoms with Gasteiger partial charge in [-0.15, -0.1) is 0 Å². The van der Waals surface area contributed by atoms with Gasteiger partial charge in [-0.05, 0) is 24.0 Å². The Bertz CT molecular complexity index is 405. The first-order valence-corrected chi connectivity index (χ1v) is 4.99. The van der Waals surface area contributed by atoms with Crippen molar-refractivity contribution in [2.45, 2.75) is 18.3 Å². The normalized spacial score (nSPS) is 24.9. The molecule has 0 saturated heterocycles. The fourth-order valence-corrected chi connectivity index (χ4v) is 2.08. The predicted octanol–water partition coefficient (Wildman–Crippen LogP) is 2.68. The first kappa shape index (κ1) is 7.80. The lowest BCUT2D eigenvalue weighted by Gasteiger charge is -1.97. The number of hydrogen-bond acceptors (Lipinski definition) is 1. The molecule has 1 aliphatic rings. The minimum absolute atomic E-state index is 0.667. The van der Waals surface area contributed by atoms with E-state index in [9.17, 15) is 0 Å². The number of benzene rings is 1. The van der Waals surface area contributed by atoms with Crippen LogP contribution >= 0.6 is 0 Å². The molecule has 1 fully saturated rings. The first-order chi connectivity index (χ1) is 6.95. The fraction of sp³-hybridized carbons (Fsp3) is 0.250. The van der Waals surface area contributed by atoms with E-state index in [2.05, 4.69) is 46.6 Å². The van der Waals surface area contributed by atoms with Crippen LogP contribution in [0.4, 0.5) is 0 Å². The molecule has 0 radical (unpaired) electrons. The molecule has 3 rings (SSSR count). The quantitative estimate of drug-likeness (QED) is 0.763. The summed E-state index contributed by atoms with van der Waals surface area (Å²) in [5, 5.41) is 7.04. The molecule has 0 aliphatic heterocycles. The van der Waals surface area contributed by atoms with Gasteiger partial charge in [-0.1, -0.05) is 30.3 Å². The highest BCUT2D eigenvalue weighted by Gasteiger charge is 2.40. The van der Waals surface area contributed by atoms with Crippen LogP contribution in [-0.2, 0) is 0 Å². The second-order valence-corrected chi connectivity index (χ2v) is 3.87. The van der Waals surface area contributed by atoms with Gasteiger partial charge < -0.3 is 0 Å². The average molecular weight is 184 g/mol. The van der Waals surface area contributed by atoms with Gasteiger partial charge in [0, 0.05) is 17.8 Å². The molecule has 2 aromatic rings. The molecule has 70 valence electrons. The average Bonchev–Trinajstić information content (AvgIpc) is 2.87. The molecule has 2 nitrogen and oxygen atoms in total. The monoisotopic (exact) mass is 184 g/mol. The van der Waals surface area contributed by atoms with E-state index in [4.69, 9.17) is 0 Å². The maximum atomic E-state index is 3.99. The van der Waals surface area contributed by atoms with Crippen LogP contribution in [-0.4, -0.2) is 10.2 Å². The number of nitrogens with zero attached hydrogens (tertiary/aromatic N) is 1. The van der Waals surface area contributed by atoms with Crippen molar-refractivity contribution in [2.24, 2.45) is 0 Å². The molecule has 1 heterocycles. The zero-order chi connectivity index (χ0) is 9.38. The number of aromatic nitrogens is 2. The molecule has 0 bridgehead atoms. The number of hydrogen-bond donors (Lipinski definition) is 1. The molecule has 1 saturated carbocycles. The van der Waals surface area contributed by atoms with Gasteiger partial charge in [-0.2, -0.15) is 5.10 Å². The Balaban J connectivity index is 1.81. The summed E-state index contributed by atoms with van der Waals surface area (Å²) in [4.78, 5) is 0. The van der Waals surface area contributed by atoms with E-state index in [1.165, 1.54) is 17.7 Å². The van der Waals surface area contributed by atoms with Crippen molar-refractivity contribution in [1.82, 2.24) is 10.2 Å². The lowest BCUT2D eigenvalue weighted by Crippen LogP contribution is -1.84. The molecule has 1 aromatic heterocycles. The molecule has 14 heavy (non-hydrogen) atoms. The van der Waals surface area contributed by atoms with Gasteiger partial charge >= 0.3 is 0 Å². The molecule has 1 aliphatic carbocycles. The van der Waals surface area contributed by atoms with Crippen molar-refractivity contribution >= 4 is 0 Å². The summed E-state index contributed by atoms with van der Waals surface area (Å²) in [6, 6.07) is 12.8. The Morgan fingerprint density at radius 2 is 1.93 bits per heavy atom. The van der Waals surface area contributed by atoms with Crippen LogP contribution < -0.4 is 0 Å². The SMILES string of the molecule is c1ccc([C@@H]2C[C@H]2c2ccn[nH]2)cc1. The Labute approximate surface area is 83.0 Å². The standard InChI is InChI=1S/C12H12N2/c1-2-4-9(5-3-1)10-8-11(10)12-6-7-13-14-12/h1-7,10-11H,8H2,(H,13,14)/t10-,11+/m0/s1. The van der Waals surface area contributed by atoms with Crippen LogP contribution in [0.15, 0.2) is 42.6 Å². The third-order valence-corrected chi connectivity index (χ3v) is 2.94. The lowest BCUT2D eigenvalue weighted by atomic mass is 10.1. The van der Waals surface area contributed by atoms with E-state index in [0.29, 0.717) is 11.8 Å². The van der Waals surface area contributed by atoms with E-state index < -0.39 is 0 Å². The summed E-state index contributed by atoms with van der Waals surface area (Å²) in [5.41, 5.74) is 2.73. The second kappa shape index (κ2) is 2.98. The van der Waals surface area contributed by atoms with Crippen molar-refractivity contribution < 1.29 is 0 Å². The van der Waals surface area contributed by atoms with Crippen LogP contribution in [0.2, 0.25) is 0 Å². The Hall–Kier alpha value is -1.57. The number of rotatable bonds is 2. The van der Waals surface area contributed by atoms with E-state index in [1.54, 1.807) is 0 Å². The Morgan fingerprint density at radius 1 is 1.07 bits per heavy atom. The van der Waals surface area contributed by atoms with Crippen molar-refractivity contribution in [2.75, 3.05) is 0 Å². The van der Waals surface area contributed by atoms with Crippen LogP contribution in [0.5, 0.6) is 0 Å². The summed E-state index contributed by atoms with van der Waals surface area (Å²) in [5.74, 6) is 1.37. The minimum Gasteiger partial charge on any atom is -0.282 e. The van der Waals surface area contributed by atoms with Gasteiger partial charge in [0.25, 0.3) is 0 Å². The lowest BCUT2D eigenvalue weighted by molar-refractivity contribution is 0.932. The van der Waals surface area contributed by atoms with E-state index in [0.717, 1.165) is 0 Å². The zero-order valence-corrected chi connectivity index (χ0v) is 7.85. The van der Waals surface area contributed by atoms with Crippen molar-refractivity contribution in [3.63, 3.8) is 0 Å². The van der Waals surface area contributed by atoms with Gasteiger partial charge in [-0.25, -0.2) is 0 Å². The molecule has 0 unspecified atom stereocenters. The number of aromatic amines is 1. The predicted molar refractivity (Wildman–Crippen MR) is 55.1 cm³/mol. The number of H-pyrrole nitrogens is 1. The van der Waals surface area contributed by atoms with Gasteiger partial charge in [0.1, 0.15) is 0 Å². The highest BCUT2D eigenvalue weighted by atomic mass is 15.1. The fourth-order valence-electron chi connectivity index (χ4n) is 2.08. The van der Waals surface area contributed by atoms with E-state index >= 15 is 0 Å². The molecule has 2 heteroatoms. The van der Waals surface area contributed by atoms with E-state index in [1.807, 2.05) is 6.20 Å². The van der Waals surface area contributed by atoms with Crippen LogP contribution in [0.25, 0.3) is 0 Å². The van der Waals surface area contributed by atoms with Gasteiger partial charge in [-0.3, -0.25) is 5.10 Å². The third kappa shape index (κ3) is 1.23. The third-order valence-electron chi connectivity index (χ3n) is 2.94. The van der Waals surface area contributed by atoms with Crippen molar-refractivity contribution in [1.29, 1.82) is 0 Å². The topological polar surface area (TPSA) is 28.7 Å². The van der Waals surface area contributed by atoms with Crippen LogP contribution in [0, 0.1) is 0 Å². The van der Waals surface area contributed by atoms with Crippen LogP contribution in [0.3, 0.4) is 0 Å². The highest BCUT2D eigenvalue weighted by molar-refractivity contribution is 5.32. The summed E-state index contributed by atoms with van der Waals surface area (Å²) in [6.45, 7) is 0. The van der Waals surface area contributed by atoms with Crippen LogP contribution in [0.1, 0.15) is 29.5 Å². The molecular weight excluding hydrogens is 172 g/mol. The molecule has 1 aromatic carbocycles. The first-order valence-electron chi connectivity index (χ1n) is 4.99. The summed E-state index contributed by atoms with van der Waals surface area (Å²) >= 11 is 0. The van der Waals surface area contributed by atoms with Crippen molar-refractivity contribution in [3.05, 3.63) is 53.9 Å². The molecular formula is C12H12N2. The summed E-state index contributed by atoms with van der Waals surface area (Å²) < 4.78 is 0. The van der Waals surface area contributed by atoms with Gasteiger partial charge in [0.05, 0.1) is 0 Å². The van der Waals surface area contributed by atoms with Gasteiger partial charge in [0.2, 0.25) is 0 Å². The minimum atomic E-state index is 0.667. The zero-order valence-electron chi connectivity index (χ0n) is 7.85. The summed E-state index contributed by atoms with van der Waals surface area (Å²) in [7, 11) is 0. The second-order valence-electron chi connectivity index (χ2n) is 3.87. The smallest absolute Gasteiger partial charge is 0.0490 e. The van der Waals surface area contributed by atoms with Gasteiger partial charge in [0.15, 0.2) is 0 Å². The molecule has 0 amide bonds. The maximum Gasteiger partial charge on any atom is 0.0490 e.